The Hall–Kier alpha value is -0.580. The zero-order valence-electron chi connectivity index (χ0n) is 8.95. The van der Waals surface area contributed by atoms with E-state index in [9.17, 15) is 4.79 Å². The van der Waals surface area contributed by atoms with Gasteiger partial charge < -0.3 is 9.84 Å². The van der Waals surface area contributed by atoms with Crippen LogP contribution in [0.3, 0.4) is 0 Å². The lowest BCUT2D eigenvalue weighted by molar-refractivity contribution is 0.198. The number of aliphatic hydroxyl groups excluding tert-OH is 1. The van der Waals surface area contributed by atoms with Crippen LogP contribution >= 0.6 is 27.5 Å². The Balaban J connectivity index is 0.000000385. The first-order chi connectivity index (χ1) is 7.60. The molecule has 1 aromatic rings. The van der Waals surface area contributed by atoms with Crippen LogP contribution in [0.1, 0.15) is 12.0 Å². The lowest BCUT2D eigenvalue weighted by atomic mass is 10.1. The van der Waals surface area contributed by atoms with Gasteiger partial charge in [0.25, 0.3) is 0 Å². The van der Waals surface area contributed by atoms with Gasteiger partial charge in [0.1, 0.15) is 0 Å². The highest BCUT2D eigenvalue weighted by molar-refractivity contribution is 9.10. The van der Waals surface area contributed by atoms with Crippen LogP contribution in [0.2, 0.25) is 0 Å². The largest absolute Gasteiger partial charge is 0.457 e. The molecule has 1 N–H and O–H groups in total. The Labute approximate surface area is 109 Å². The zero-order chi connectivity index (χ0) is 12.4. The van der Waals surface area contributed by atoms with Crippen molar-refractivity contribution in [1.29, 1.82) is 0 Å². The summed E-state index contributed by atoms with van der Waals surface area (Å²) in [5.41, 5.74) is 0.507. The number of carbonyl (C=O) groups excluding carboxylic acids is 1. The van der Waals surface area contributed by atoms with E-state index in [1.54, 1.807) is 0 Å². The van der Waals surface area contributed by atoms with E-state index in [1.807, 2.05) is 12.1 Å². The van der Waals surface area contributed by atoms with Crippen LogP contribution in [-0.4, -0.2) is 24.3 Å². The number of aryl methyl sites for hydroxylation is 1. The van der Waals surface area contributed by atoms with Gasteiger partial charge >= 0.3 is 5.43 Å². The summed E-state index contributed by atoms with van der Waals surface area (Å²) in [5.74, 6) is 0. The summed E-state index contributed by atoms with van der Waals surface area (Å²) in [7, 11) is 1.22. The van der Waals surface area contributed by atoms with Crippen LogP contribution in [0.15, 0.2) is 28.7 Å². The highest BCUT2D eigenvalue weighted by atomic mass is 79.9. The monoisotopic (exact) mass is 308 g/mol. The Morgan fingerprint density at radius 1 is 1.44 bits per heavy atom. The van der Waals surface area contributed by atoms with Crippen molar-refractivity contribution in [2.45, 2.75) is 12.8 Å². The van der Waals surface area contributed by atoms with E-state index in [4.69, 9.17) is 5.11 Å². The molecule has 0 amide bonds. The number of rotatable bonds is 3. The fraction of sp³-hybridized carbons (Fsp3) is 0.364. The zero-order valence-corrected chi connectivity index (χ0v) is 11.3. The first-order valence-corrected chi connectivity index (χ1v) is 5.86. The highest BCUT2D eigenvalue weighted by Crippen LogP contribution is 2.11. The van der Waals surface area contributed by atoms with Gasteiger partial charge in [-0.1, -0.05) is 28.1 Å². The molecule has 0 fully saturated rings. The summed E-state index contributed by atoms with van der Waals surface area (Å²) < 4.78 is 4.98. The third-order valence-corrected chi connectivity index (χ3v) is 2.38. The minimum atomic E-state index is -0.773. The number of carbonyl (C=O) groups is 1. The lowest BCUT2D eigenvalue weighted by Gasteiger charge is -1.98. The SMILES string of the molecule is COC(=O)Cl.OCCCc1ccc(Br)cc1. The van der Waals surface area contributed by atoms with E-state index in [2.05, 4.69) is 44.4 Å². The third kappa shape index (κ3) is 8.71. The number of methoxy groups -OCH3 is 1. The standard InChI is InChI=1S/C9H11BrO.C2H3ClO2/c10-9-5-3-8(4-6-9)2-1-7-11;1-5-2(3)4/h3-6,11H,1-2,7H2;1H3. The molecule has 0 aliphatic rings. The van der Waals surface area contributed by atoms with E-state index >= 15 is 0 Å². The molecule has 90 valence electrons. The maximum Gasteiger partial charge on any atom is 0.403 e. The van der Waals surface area contributed by atoms with Gasteiger partial charge in [0, 0.05) is 22.7 Å². The average molecular weight is 310 g/mol. The summed E-state index contributed by atoms with van der Waals surface area (Å²) in [5, 5.41) is 8.57. The molecule has 0 aliphatic heterocycles. The second-order valence-corrected chi connectivity index (χ2v) is 4.12. The number of halogens is 2. The van der Waals surface area contributed by atoms with Crippen LogP contribution in [-0.2, 0) is 11.2 Å². The van der Waals surface area contributed by atoms with Crippen molar-refractivity contribution in [2.75, 3.05) is 13.7 Å². The summed E-state index contributed by atoms with van der Waals surface area (Å²) >= 11 is 7.97. The molecule has 0 saturated carbocycles. The summed E-state index contributed by atoms with van der Waals surface area (Å²) in [4.78, 5) is 9.36. The second-order valence-electron chi connectivity index (χ2n) is 2.90. The molecule has 5 heteroatoms. The molecule has 0 atom stereocenters. The van der Waals surface area contributed by atoms with Crippen LogP contribution in [0.25, 0.3) is 0 Å². The second kappa shape index (κ2) is 9.63. The molecule has 0 radical (unpaired) electrons. The van der Waals surface area contributed by atoms with Crippen LogP contribution in [0, 0.1) is 0 Å². The molecule has 1 aromatic carbocycles. The van der Waals surface area contributed by atoms with Crippen LogP contribution in [0.4, 0.5) is 4.79 Å². The Morgan fingerprint density at radius 3 is 2.31 bits per heavy atom. The molecule has 0 aromatic heterocycles. The van der Waals surface area contributed by atoms with E-state index in [-0.39, 0.29) is 6.61 Å². The van der Waals surface area contributed by atoms with Gasteiger partial charge in [-0.15, -0.1) is 0 Å². The smallest absolute Gasteiger partial charge is 0.403 e. The molecule has 0 heterocycles. The van der Waals surface area contributed by atoms with Gasteiger partial charge in [0.05, 0.1) is 7.11 Å². The fourth-order valence-corrected chi connectivity index (χ4v) is 1.20. The maximum absolute atomic E-state index is 9.36. The minimum absolute atomic E-state index is 0.274. The quantitative estimate of drug-likeness (QED) is 0.871. The molecule has 0 saturated heterocycles. The molecule has 16 heavy (non-hydrogen) atoms. The number of hydrogen-bond acceptors (Lipinski definition) is 3. The molecule has 0 unspecified atom stereocenters. The lowest BCUT2D eigenvalue weighted by Crippen LogP contribution is -1.88. The van der Waals surface area contributed by atoms with Crippen molar-refractivity contribution in [3.05, 3.63) is 34.3 Å². The molecular formula is C11H14BrClO3. The maximum atomic E-state index is 9.36. The number of aliphatic hydroxyl groups is 1. The average Bonchev–Trinajstić information content (AvgIpc) is 2.29. The van der Waals surface area contributed by atoms with E-state index in [1.165, 1.54) is 12.7 Å². The number of hydrogen-bond donors (Lipinski definition) is 1. The molecule has 0 aliphatic carbocycles. The number of ether oxygens (including phenoxy) is 1. The third-order valence-electron chi connectivity index (χ3n) is 1.70. The van der Waals surface area contributed by atoms with Crippen molar-refractivity contribution in [1.82, 2.24) is 0 Å². The minimum Gasteiger partial charge on any atom is -0.457 e. The molecule has 0 spiro atoms. The van der Waals surface area contributed by atoms with Crippen LogP contribution < -0.4 is 0 Å². The summed E-state index contributed by atoms with van der Waals surface area (Å²) in [6.07, 6.45) is 1.81. The van der Waals surface area contributed by atoms with Crippen LogP contribution in [0.5, 0.6) is 0 Å². The molecular weight excluding hydrogens is 295 g/mol. The van der Waals surface area contributed by atoms with E-state index in [0.29, 0.717) is 0 Å². The number of benzene rings is 1. The van der Waals surface area contributed by atoms with Crippen molar-refractivity contribution >= 4 is 33.0 Å². The Kier molecular flexibility index (Phi) is 9.28. The predicted octanol–water partition coefficient (Wildman–Crippen LogP) is 3.37. The Bertz CT molecular complexity index is 301. The van der Waals surface area contributed by atoms with Gasteiger partial charge in [-0.05, 0) is 30.5 Å². The van der Waals surface area contributed by atoms with Gasteiger partial charge in [-0.3, -0.25) is 0 Å². The highest BCUT2D eigenvalue weighted by Gasteiger charge is 1.91. The van der Waals surface area contributed by atoms with Crippen molar-refractivity contribution in [2.24, 2.45) is 0 Å². The van der Waals surface area contributed by atoms with Crippen molar-refractivity contribution < 1.29 is 14.6 Å². The molecule has 1 rings (SSSR count). The van der Waals surface area contributed by atoms with Crippen molar-refractivity contribution in [3.63, 3.8) is 0 Å². The predicted molar refractivity (Wildman–Crippen MR) is 67.8 cm³/mol. The van der Waals surface area contributed by atoms with Gasteiger partial charge in [-0.2, -0.15) is 0 Å². The van der Waals surface area contributed by atoms with Gasteiger partial charge in [-0.25, -0.2) is 4.79 Å². The summed E-state index contributed by atoms with van der Waals surface area (Å²) in [6.45, 7) is 0.274. The normalized spacial score (nSPS) is 9.00. The van der Waals surface area contributed by atoms with E-state index < -0.39 is 5.43 Å². The van der Waals surface area contributed by atoms with Gasteiger partial charge in [0.15, 0.2) is 0 Å². The summed E-state index contributed by atoms with van der Waals surface area (Å²) in [6, 6.07) is 8.18. The van der Waals surface area contributed by atoms with Gasteiger partial charge in [0.2, 0.25) is 0 Å². The van der Waals surface area contributed by atoms with Crippen molar-refractivity contribution in [3.8, 4) is 0 Å². The molecule has 0 bridgehead atoms. The molecule has 3 nitrogen and oxygen atoms in total. The Morgan fingerprint density at radius 2 is 1.94 bits per heavy atom. The fourth-order valence-electron chi connectivity index (χ4n) is 0.934. The first-order valence-electron chi connectivity index (χ1n) is 4.69. The van der Waals surface area contributed by atoms with E-state index in [0.717, 1.165) is 17.3 Å². The topological polar surface area (TPSA) is 46.5 Å². The first kappa shape index (κ1) is 15.4.